The first-order valence-electron chi connectivity index (χ1n) is 7.09. The molecule has 0 amide bonds. The maximum absolute atomic E-state index is 11.7. The summed E-state index contributed by atoms with van der Waals surface area (Å²) in [6.45, 7) is 5.93. The van der Waals surface area contributed by atoms with E-state index in [1.807, 2.05) is 24.3 Å². The summed E-state index contributed by atoms with van der Waals surface area (Å²) in [6.07, 6.45) is 1.11. The van der Waals surface area contributed by atoms with Gasteiger partial charge in [0.25, 0.3) is 0 Å². The van der Waals surface area contributed by atoms with Crippen molar-refractivity contribution in [1.82, 2.24) is 0 Å². The molecule has 0 radical (unpaired) electrons. The third-order valence-electron chi connectivity index (χ3n) is 3.61. The van der Waals surface area contributed by atoms with Crippen LogP contribution in [0.25, 0.3) is 0 Å². The molecule has 2 aromatic rings. The largest absolute Gasteiger partial charge is 0.457 e. The number of hydrogen-bond acceptors (Lipinski definition) is 2. The lowest BCUT2D eigenvalue weighted by molar-refractivity contribution is 0.101. The SMILES string of the molecule is CCC(C)c1ccc(Oc2cc(Br)ccc2C(C)=O)cc1. The summed E-state index contributed by atoms with van der Waals surface area (Å²) in [7, 11) is 0. The van der Waals surface area contributed by atoms with E-state index in [1.54, 1.807) is 13.0 Å². The van der Waals surface area contributed by atoms with Crippen LogP contribution in [-0.2, 0) is 0 Å². The Bertz CT molecular complexity index is 632. The minimum Gasteiger partial charge on any atom is -0.457 e. The molecule has 1 atom stereocenters. The van der Waals surface area contributed by atoms with Crippen molar-refractivity contribution in [2.75, 3.05) is 0 Å². The van der Waals surface area contributed by atoms with E-state index in [0.29, 0.717) is 17.2 Å². The highest BCUT2D eigenvalue weighted by atomic mass is 79.9. The molecule has 0 spiro atoms. The molecule has 0 fully saturated rings. The molecule has 0 aliphatic carbocycles. The van der Waals surface area contributed by atoms with Gasteiger partial charge in [-0.25, -0.2) is 0 Å². The number of Topliss-reactive ketones (excluding diaryl/α,β-unsaturated/α-hetero) is 1. The molecule has 0 aromatic heterocycles. The summed E-state index contributed by atoms with van der Waals surface area (Å²) in [4.78, 5) is 11.7. The molecule has 0 aliphatic rings. The van der Waals surface area contributed by atoms with Crippen LogP contribution in [0.5, 0.6) is 11.5 Å². The van der Waals surface area contributed by atoms with Gasteiger partial charge in [0.2, 0.25) is 0 Å². The maximum Gasteiger partial charge on any atom is 0.163 e. The van der Waals surface area contributed by atoms with Crippen molar-refractivity contribution < 1.29 is 9.53 Å². The molecule has 0 N–H and O–H groups in total. The van der Waals surface area contributed by atoms with Gasteiger partial charge in [0.05, 0.1) is 5.56 Å². The quantitative estimate of drug-likeness (QED) is 0.624. The number of carbonyl (C=O) groups is 1. The van der Waals surface area contributed by atoms with Crippen LogP contribution < -0.4 is 4.74 Å². The summed E-state index contributed by atoms with van der Waals surface area (Å²) in [6, 6.07) is 13.5. The first-order chi connectivity index (χ1) is 10.0. The standard InChI is InChI=1S/C18H19BrO2/c1-4-12(2)14-5-8-16(9-6-14)21-18-11-15(19)7-10-17(18)13(3)20/h5-12H,4H2,1-3H3. The van der Waals surface area contributed by atoms with E-state index in [1.165, 1.54) is 5.56 Å². The second kappa shape index (κ2) is 6.90. The zero-order chi connectivity index (χ0) is 15.4. The third kappa shape index (κ3) is 3.94. The molecular formula is C18H19BrO2. The predicted molar refractivity (Wildman–Crippen MR) is 89.4 cm³/mol. The van der Waals surface area contributed by atoms with Gasteiger partial charge in [-0.2, -0.15) is 0 Å². The molecule has 0 saturated heterocycles. The van der Waals surface area contributed by atoms with Crippen molar-refractivity contribution in [2.24, 2.45) is 0 Å². The fourth-order valence-corrected chi connectivity index (χ4v) is 2.44. The second-order valence-electron chi connectivity index (χ2n) is 5.18. The number of ketones is 1. The van der Waals surface area contributed by atoms with Crippen LogP contribution in [0.4, 0.5) is 0 Å². The van der Waals surface area contributed by atoms with Gasteiger partial charge < -0.3 is 4.74 Å². The Morgan fingerprint density at radius 1 is 1.19 bits per heavy atom. The lowest BCUT2D eigenvalue weighted by Crippen LogP contribution is -1.97. The fraction of sp³-hybridized carbons (Fsp3) is 0.278. The van der Waals surface area contributed by atoms with Crippen LogP contribution in [-0.4, -0.2) is 5.78 Å². The van der Waals surface area contributed by atoms with E-state index >= 15 is 0 Å². The summed E-state index contributed by atoms with van der Waals surface area (Å²) in [5, 5.41) is 0. The molecule has 1 unspecified atom stereocenters. The fourth-order valence-electron chi connectivity index (χ4n) is 2.10. The minimum atomic E-state index is -0.00581. The topological polar surface area (TPSA) is 26.3 Å². The lowest BCUT2D eigenvalue weighted by Gasteiger charge is -2.12. The highest BCUT2D eigenvalue weighted by Crippen LogP contribution is 2.30. The number of benzene rings is 2. The lowest BCUT2D eigenvalue weighted by atomic mass is 9.99. The van der Waals surface area contributed by atoms with Gasteiger partial charge in [0, 0.05) is 4.47 Å². The van der Waals surface area contributed by atoms with Crippen molar-refractivity contribution in [3.8, 4) is 11.5 Å². The first-order valence-corrected chi connectivity index (χ1v) is 7.89. The first kappa shape index (κ1) is 15.8. The van der Waals surface area contributed by atoms with Crippen molar-refractivity contribution in [2.45, 2.75) is 33.1 Å². The molecular weight excluding hydrogens is 328 g/mol. The van der Waals surface area contributed by atoms with Crippen molar-refractivity contribution in [3.63, 3.8) is 0 Å². The van der Waals surface area contributed by atoms with Crippen molar-refractivity contribution in [3.05, 3.63) is 58.1 Å². The van der Waals surface area contributed by atoms with Crippen LogP contribution in [0, 0.1) is 0 Å². The Morgan fingerprint density at radius 3 is 2.43 bits per heavy atom. The number of carbonyl (C=O) groups excluding carboxylic acids is 1. The van der Waals surface area contributed by atoms with E-state index < -0.39 is 0 Å². The van der Waals surface area contributed by atoms with Gasteiger partial charge in [-0.1, -0.05) is 41.9 Å². The summed E-state index contributed by atoms with van der Waals surface area (Å²) >= 11 is 3.41. The van der Waals surface area contributed by atoms with Gasteiger partial charge in [0.15, 0.2) is 5.78 Å². The van der Waals surface area contributed by atoms with E-state index in [0.717, 1.165) is 16.6 Å². The molecule has 110 valence electrons. The van der Waals surface area contributed by atoms with Gasteiger partial charge in [-0.15, -0.1) is 0 Å². The smallest absolute Gasteiger partial charge is 0.163 e. The van der Waals surface area contributed by atoms with Gasteiger partial charge in [0.1, 0.15) is 11.5 Å². The van der Waals surface area contributed by atoms with Gasteiger partial charge >= 0.3 is 0 Å². The Balaban J connectivity index is 2.26. The average Bonchev–Trinajstić information content (AvgIpc) is 2.47. The molecule has 2 rings (SSSR count). The average molecular weight is 347 g/mol. The van der Waals surface area contributed by atoms with Crippen LogP contribution in [0.2, 0.25) is 0 Å². The van der Waals surface area contributed by atoms with Crippen LogP contribution >= 0.6 is 15.9 Å². The third-order valence-corrected chi connectivity index (χ3v) is 4.11. The number of ether oxygens (including phenoxy) is 1. The molecule has 0 bridgehead atoms. The molecule has 3 heteroatoms. The van der Waals surface area contributed by atoms with Crippen molar-refractivity contribution in [1.29, 1.82) is 0 Å². The van der Waals surface area contributed by atoms with Crippen LogP contribution in [0.3, 0.4) is 0 Å². The second-order valence-corrected chi connectivity index (χ2v) is 6.09. The summed E-state index contributed by atoms with van der Waals surface area (Å²) < 4.78 is 6.76. The van der Waals surface area contributed by atoms with Crippen LogP contribution in [0.1, 0.15) is 49.0 Å². The van der Waals surface area contributed by atoms with Gasteiger partial charge in [-0.3, -0.25) is 4.79 Å². The Labute approximate surface area is 134 Å². The summed E-state index contributed by atoms with van der Waals surface area (Å²) in [5.41, 5.74) is 1.88. The Morgan fingerprint density at radius 2 is 1.86 bits per heavy atom. The number of halogens is 1. The Hall–Kier alpha value is -1.61. The molecule has 2 nitrogen and oxygen atoms in total. The van der Waals surface area contributed by atoms with E-state index in [9.17, 15) is 4.79 Å². The maximum atomic E-state index is 11.7. The predicted octanol–water partition coefficient (Wildman–Crippen LogP) is 5.96. The summed E-state index contributed by atoms with van der Waals surface area (Å²) in [5.74, 6) is 1.85. The molecule has 0 saturated carbocycles. The highest BCUT2D eigenvalue weighted by Gasteiger charge is 2.10. The van der Waals surface area contributed by atoms with Gasteiger partial charge in [-0.05, 0) is 55.2 Å². The van der Waals surface area contributed by atoms with Crippen LogP contribution in [0.15, 0.2) is 46.9 Å². The molecule has 21 heavy (non-hydrogen) atoms. The molecule has 2 aromatic carbocycles. The number of rotatable bonds is 5. The van der Waals surface area contributed by atoms with Crippen molar-refractivity contribution >= 4 is 21.7 Å². The van der Waals surface area contributed by atoms with E-state index in [4.69, 9.17) is 4.74 Å². The van der Waals surface area contributed by atoms with E-state index in [-0.39, 0.29) is 5.78 Å². The number of hydrogen-bond donors (Lipinski definition) is 0. The minimum absolute atomic E-state index is 0.00581. The zero-order valence-electron chi connectivity index (χ0n) is 12.5. The molecule has 0 heterocycles. The normalized spacial score (nSPS) is 12.0. The molecule has 0 aliphatic heterocycles. The zero-order valence-corrected chi connectivity index (χ0v) is 14.1. The monoisotopic (exact) mass is 346 g/mol. The van der Waals surface area contributed by atoms with E-state index in [2.05, 4.69) is 41.9 Å². The highest BCUT2D eigenvalue weighted by molar-refractivity contribution is 9.10. The Kier molecular flexibility index (Phi) is 5.18.